The molecule has 102 valence electrons. The van der Waals surface area contributed by atoms with Gasteiger partial charge < -0.3 is 5.32 Å². The molecule has 0 amide bonds. The topological polar surface area (TPSA) is 12.0 Å². The lowest BCUT2D eigenvalue weighted by Crippen LogP contribution is -2.22. The van der Waals surface area contributed by atoms with E-state index < -0.39 is 0 Å². The Morgan fingerprint density at radius 1 is 1.16 bits per heavy atom. The fourth-order valence-corrected chi connectivity index (χ4v) is 3.68. The molecule has 1 unspecified atom stereocenters. The van der Waals surface area contributed by atoms with Gasteiger partial charge in [-0.15, -0.1) is 11.3 Å². The molecule has 1 N–H and O–H groups in total. The maximum atomic E-state index is 6.06. The maximum absolute atomic E-state index is 6.06. The second kappa shape index (κ2) is 6.08. The minimum absolute atomic E-state index is 0.257. The first-order valence-corrected chi connectivity index (χ1v) is 7.78. The summed E-state index contributed by atoms with van der Waals surface area (Å²) in [5, 5.41) is 4.39. The van der Waals surface area contributed by atoms with E-state index in [9.17, 15) is 0 Å². The number of halogens is 1. The molecule has 2 aromatic rings. The Balaban J connectivity index is 2.48. The molecule has 2 rings (SSSR count). The second-order valence-corrected chi connectivity index (χ2v) is 6.76. The van der Waals surface area contributed by atoms with Crippen molar-refractivity contribution in [3.05, 3.63) is 55.7 Å². The number of nitrogens with one attached hydrogen (secondary N) is 1. The molecule has 0 aliphatic rings. The minimum Gasteiger partial charge on any atom is -0.306 e. The molecule has 0 bridgehead atoms. The fraction of sp³-hybridized carbons (Fsp3) is 0.375. The fourth-order valence-electron chi connectivity index (χ4n) is 2.49. The number of thiophene rings is 1. The van der Waals surface area contributed by atoms with Crippen molar-refractivity contribution in [2.24, 2.45) is 0 Å². The molecule has 3 heteroatoms. The summed E-state index contributed by atoms with van der Waals surface area (Å²) in [6.45, 7) is 9.58. The predicted molar refractivity (Wildman–Crippen MR) is 85.5 cm³/mol. The van der Waals surface area contributed by atoms with E-state index in [0.29, 0.717) is 0 Å². The van der Waals surface area contributed by atoms with Crippen molar-refractivity contribution in [2.75, 3.05) is 6.54 Å². The maximum Gasteiger partial charge on any atom is 0.0590 e. The third-order valence-corrected chi connectivity index (χ3v) is 4.56. The van der Waals surface area contributed by atoms with Crippen LogP contribution in [0.25, 0.3) is 0 Å². The van der Waals surface area contributed by atoms with E-state index in [0.717, 1.165) is 11.6 Å². The second-order valence-electron chi connectivity index (χ2n) is 4.86. The van der Waals surface area contributed by atoms with Crippen LogP contribution in [0.5, 0.6) is 0 Å². The summed E-state index contributed by atoms with van der Waals surface area (Å²) < 4.78 is 0. The predicted octanol–water partition coefficient (Wildman–Crippen LogP) is 5.03. The highest BCUT2D eigenvalue weighted by Gasteiger charge is 2.18. The van der Waals surface area contributed by atoms with Crippen molar-refractivity contribution < 1.29 is 0 Å². The number of aryl methyl sites for hydroxylation is 3. The standard InChI is InChI=1S/C16H20ClNS/c1-5-18-16(15-9-11(3)19-12(15)4)14-7-6-13(17)8-10(14)2/h6-9,16,18H,5H2,1-4H3. The van der Waals surface area contributed by atoms with E-state index in [-0.39, 0.29) is 6.04 Å². The Morgan fingerprint density at radius 3 is 2.42 bits per heavy atom. The van der Waals surface area contributed by atoms with Crippen LogP contribution in [0.3, 0.4) is 0 Å². The molecule has 1 aromatic carbocycles. The molecular weight excluding hydrogens is 274 g/mol. The molecule has 1 atom stereocenters. The normalized spacial score (nSPS) is 12.7. The van der Waals surface area contributed by atoms with E-state index in [4.69, 9.17) is 11.6 Å². The van der Waals surface area contributed by atoms with E-state index in [1.54, 1.807) is 0 Å². The van der Waals surface area contributed by atoms with E-state index >= 15 is 0 Å². The Hall–Kier alpha value is -0.830. The van der Waals surface area contributed by atoms with Gasteiger partial charge in [0.05, 0.1) is 6.04 Å². The van der Waals surface area contributed by atoms with Crippen LogP contribution >= 0.6 is 22.9 Å². The smallest absolute Gasteiger partial charge is 0.0590 e. The van der Waals surface area contributed by atoms with Crippen molar-refractivity contribution in [1.82, 2.24) is 5.32 Å². The summed E-state index contributed by atoms with van der Waals surface area (Å²) in [6.07, 6.45) is 0. The van der Waals surface area contributed by atoms with Gasteiger partial charge in [-0.3, -0.25) is 0 Å². The zero-order chi connectivity index (χ0) is 14.0. The molecule has 0 saturated heterocycles. The highest BCUT2D eigenvalue weighted by atomic mass is 35.5. The summed E-state index contributed by atoms with van der Waals surface area (Å²) in [7, 11) is 0. The Bertz CT molecular complexity index is 574. The molecule has 0 saturated carbocycles. The van der Waals surface area contributed by atoms with Crippen LogP contribution in [0.2, 0.25) is 5.02 Å². The molecule has 0 fully saturated rings. The zero-order valence-electron chi connectivity index (χ0n) is 11.9. The number of hydrogen-bond acceptors (Lipinski definition) is 2. The minimum atomic E-state index is 0.257. The quantitative estimate of drug-likeness (QED) is 0.834. The highest BCUT2D eigenvalue weighted by molar-refractivity contribution is 7.12. The van der Waals surface area contributed by atoms with Gasteiger partial charge in [-0.2, -0.15) is 0 Å². The number of hydrogen-bond donors (Lipinski definition) is 1. The Kier molecular flexibility index (Phi) is 4.67. The van der Waals surface area contributed by atoms with Crippen LogP contribution in [0.1, 0.15) is 39.4 Å². The van der Waals surface area contributed by atoms with Gasteiger partial charge in [-0.05, 0) is 62.2 Å². The van der Waals surface area contributed by atoms with Gasteiger partial charge in [-0.1, -0.05) is 24.6 Å². The van der Waals surface area contributed by atoms with Crippen LogP contribution in [0.4, 0.5) is 0 Å². The van der Waals surface area contributed by atoms with Crippen molar-refractivity contribution in [1.29, 1.82) is 0 Å². The summed E-state index contributed by atoms with van der Waals surface area (Å²) in [5.41, 5.74) is 3.93. The highest BCUT2D eigenvalue weighted by Crippen LogP contribution is 2.32. The first-order chi connectivity index (χ1) is 9.02. The SMILES string of the molecule is CCNC(c1ccc(Cl)cc1C)c1cc(C)sc1C. The van der Waals surface area contributed by atoms with Gasteiger partial charge in [-0.25, -0.2) is 0 Å². The third-order valence-electron chi connectivity index (χ3n) is 3.34. The first-order valence-electron chi connectivity index (χ1n) is 6.59. The average Bonchev–Trinajstić information content (AvgIpc) is 2.66. The molecule has 0 aliphatic carbocycles. The number of rotatable bonds is 4. The summed E-state index contributed by atoms with van der Waals surface area (Å²) in [5.74, 6) is 0. The lowest BCUT2D eigenvalue weighted by atomic mass is 9.95. The van der Waals surface area contributed by atoms with Crippen LogP contribution in [-0.4, -0.2) is 6.54 Å². The van der Waals surface area contributed by atoms with Crippen LogP contribution in [0.15, 0.2) is 24.3 Å². The van der Waals surface area contributed by atoms with E-state index in [1.165, 1.54) is 26.4 Å². The molecule has 0 spiro atoms. The largest absolute Gasteiger partial charge is 0.306 e. The monoisotopic (exact) mass is 293 g/mol. The van der Waals surface area contributed by atoms with E-state index in [2.05, 4.69) is 45.1 Å². The average molecular weight is 294 g/mol. The molecule has 0 radical (unpaired) electrons. The van der Waals surface area contributed by atoms with Crippen LogP contribution < -0.4 is 5.32 Å². The van der Waals surface area contributed by atoms with Crippen molar-refractivity contribution in [2.45, 2.75) is 33.7 Å². The van der Waals surface area contributed by atoms with Gasteiger partial charge in [0.1, 0.15) is 0 Å². The van der Waals surface area contributed by atoms with Crippen molar-refractivity contribution in [3.63, 3.8) is 0 Å². The van der Waals surface area contributed by atoms with Gasteiger partial charge in [0.15, 0.2) is 0 Å². The van der Waals surface area contributed by atoms with Gasteiger partial charge in [0.2, 0.25) is 0 Å². The number of benzene rings is 1. The van der Waals surface area contributed by atoms with Gasteiger partial charge in [0, 0.05) is 14.8 Å². The lowest BCUT2D eigenvalue weighted by Gasteiger charge is -2.21. The molecule has 0 aliphatic heterocycles. The molecule has 1 nitrogen and oxygen atoms in total. The lowest BCUT2D eigenvalue weighted by molar-refractivity contribution is 0.627. The summed E-state index contributed by atoms with van der Waals surface area (Å²) >= 11 is 7.92. The Labute approximate surface area is 124 Å². The van der Waals surface area contributed by atoms with Crippen molar-refractivity contribution >= 4 is 22.9 Å². The van der Waals surface area contributed by atoms with Gasteiger partial charge >= 0.3 is 0 Å². The first kappa shape index (κ1) is 14.6. The molecule has 19 heavy (non-hydrogen) atoms. The summed E-state index contributed by atoms with van der Waals surface area (Å²) in [6, 6.07) is 8.70. The van der Waals surface area contributed by atoms with Crippen molar-refractivity contribution in [3.8, 4) is 0 Å². The van der Waals surface area contributed by atoms with E-state index in [1.807, 2.05) is 23.5 Å². The van der Waals surface area contributed by atoms with Crippen LogP contribution in [-0.2, 0) is 0 Å². The zero-order valence-corrected chi connectivity index (χ0v) is 13.5. The Morgan fingerprint density at radius 2 is 1.89 bits per heavy atom. The molecule has 1 heterocycles. The summed E-state index contributed by atoms with van der Waals surface area (Å²) in [4.78, 5) is 2.75. The molecular formula is C16H20ClNS. The van der Waals surface area contributed by atoms with Gasteiger partial charge in [0.25, 0.3) is 0 Å². The third kappa shape index (κ3) is 3.19. The molecule has 1 aromatic heterocycles. The van der Waals surface area contributed by atoms with Crippen LogP contribution in [0, 0.1) is 20.8 Å².